The van der Waals surface area contributed by atoms with Crippen molar-refractivity contribution in [3.63, 3.8) is 0 Å². The minimum absolute atomic E-state index is 0.0547. The first-order valence-corrected chi connectivity index (χ1v) is 10.6. The molecule has 0 radical (unpaired) electrons. The average Bonchev–Trinajstić information content (AvgIpc) is 2.89. The normalized spacial score (nSPS) is 10.6. The van der Waals surface area contributed by atoms with Crippen LogP contribution in [0.2, 0.25) is 0 Å². The fourth-order valence-electron chi connectivity index (χ4n) is 3.02. The number of hydrogen-bond acceptors (Lipinski definition) is 12. The fraction of sp³-hybridized carbons (Fsp3) is 0.0435. The highest BCUT2D eigenvalue weighted by molar-refractivity contribution is 5.81. The highest BCUT2D eigenvalue weighted by Gasteiger charge is 2.10. The SMILES string of the molecule is COc1ccc(Nc2nc(N/N=C\c3cccc([N+](=O)[O-])c3)nc(Nc3ccc([N+](=O)[O-])cc3)n2)cc1. The molecule has 4 aromatic rings. The Morgan fingerprint density at radius 1 is 0.784 bits per heavy atom. The van der Waals surface area contributed by atoms with E-state index in [0.29, 0.717) is 22.7 Å². The van der Waals surface area contributed by atoms with Crippen LogP contribution in [0.4, 0.5) is 40.6 Å². The van der Waals surface area contributed by atoms with Crippen molar-refractivity contribution in [2.24, 2.45) is 5.10 Å². The van der Waals surface area contributed by atoms with E-state index in [1.165, 1.54) is 42.6 Å². The molecule has 4 rings (SSSR count). The van der Waals surface area contributed by atoms with Crippen LogP contribution in [0.5, 0.6) is 5.75 Å². The van der Waals surface area contributed by atoms with Gasteiger partial charge in [0.05, 0.1) is 23.2 Å². The Labute approximate surface area is 209 Å². The largest absolute Gasteiger partial charge is 0.497 e. The van der Waals surface area contributed by atoms with Gasteiger partial charge in [-0.1, -0.05) is 12.1 Å². The molecule has 1 heterocycles. The van der Waals surface area contributed by atoms with Crippen LogP contribution in [0.1, 0.15) is 5.56 Å². The number of nitrogens with one attached hydrogen (secondary N) is 3. The molecule has 0 bridgehead atoms. The molecule has 0 aliphatic heterocycles. The minimum Gasteiger partial charge on any atom is -0.497 e. The second kappa shape index (κ2) is 11.2. The molecule has 1 aromatic heterocycles. The van der Waals surface area contributed by atoms with Gasteiger partial charge in [-0.05, 0) is 36.4 Å². The molecule has 0 saturated carbocycles. The summed E-state index contributed by atoms with van der Waals surface area (Å²) in [6.45, 7) is 0. The summed E-state index contributed by atoms with van der Waals surface area (Å²) in [5.74, 6) is 1.06. The summed E-state index contributed by atoms with van der Waals surface area (Å²) in [6.07, 6.45) is 1.39. The van der Waals surface area contributed by atoms with Crippen LogP contribution >= 0.6 is 0 Å². The molecule has 14 heteroatoms. The zero-order chi connectivity index (χ0) is 26.2. The molecular weight excluding hydrogens is 482 g/mol. The second-order valence-electron chi connectivity index (χ2n) is 7.31. The summed E-state index contributed by atoms with van der Waals surface area (Å²) in [7, 11) is 1.57. The van der Waals surface area contributed by atoms with Gasteiger partial charge >= 0.3 is 0 Å². The zero-order valence-electron chi connectivity index (χ0n) is 19.2. The number of hydrogen-bond donors (Lipinski definition) is 3. The maximum absolute atomic E-state index is 11.0. The Bertz CT molecular complexity index is 1440. The van der Waals surface area contributed by atoms with Crippen LogP contribution in [0.25, 0.3) is 0 Å². The Balaban J connectivity index is 1.58. The quantitative estimate of drug-likeness (QED) is 0.156. The lowest BCUT2D eigenvalue weighted by Gasteiger charge is -2.10. The van der Waals surface area contributed by atoms with Crippen molar-refractivity contribution in [3.05, 3.63) is 98.6 Å². The molecule has 0 fully saturated rings. The lowest BCUT2D eigenvalue weighted by atomic mass is 10.2. The van der Waals surface area contributed by atoms with Crippen LogP contribution in [0.15, 0.2) is 77.9 Å². The van der Waals surface area contributed by atoms with E-state index in [-0.39, 0.29) is 29.2 Å². The lowest BCUT2D eigenvalue weighted by molar-refractivity contribution is -0.385. The number of ether oxygens (including phenoxy) is 1. The maximum Gasteiger partial charge on any atom is 0.270 e. The first-order valence-electron chi connectivity index (χ1n) is 10.6. The first-order chi connectivity index (χ1) is 17.9. The molecular formula is C23H19N9O5. The number of aromatic nitrogens is 3. The summed E-state index contributed by atoms with van der Waals surface area (Å²) < 4.78 is 5.16. The van der Waals surface area contributed by atoms with Crippen LogP contribution in [0, 0.1) is 20.2 Å². The van der Waals surface area contributed by atoms with Gasteiger partial charge in [0.25, 0.3) is 11.4 Å². The van der Waals surface area contributed by atoms with Crippen LogP contribution in [0.3, 0.4) is 0 Å². The Morgan fingerprint density at radius 3 is 1.92 bits per heavy atom. The molecule has 0 spiro atoms. The van der Waals surface area contributed by atoms with Gasteiger partial charge in [0, 0.05) is 41.2 Å². The molecule has 3 aromatic carbocycles. The van der Waals surface area contributed by atoms with Crippen molar-refractivity contribution < 1.29 is 14.6 Å². The third kappa shape index (κ3) is 6.69. The monoisotopic (exact) mass is 501 g/mol. The van der Waals surface area contributed by atoms with E-state index < -0.39 is 9.85 Å². The van der Waals surface area contributed by atoms with Crippen LogP contribution < -0.4 is 20.8 Å². The molecule has 37 heavy (non-hydrogen) atoms. The van der Waals surface area contributed by atoms with Crippen molar-refractivity contribution in [1.82, 2.24) is 15.0 Å². The second-order valence-corrected chi connectivity index (χ2v) is 7.31. The van der Waals surface area contributed by atoms with Gasteiger partial charge in [0.1, 0.15) is 5.75 Å². The first kappa shape index (κ1) is 24.5. The van der Waals surface area contributed by atoms with Crippen molar-refractivity contribution in [2.75, 3.05) is 23.2 Å². The molecule has 0 atom stereocenters. The zero-order valence-corrected chi connectivity index (χ0v) is 19.2. The highest BCUT2D eigenvalue weighted by Crippen LogP contribution is 2.22. The summed E-state index contributed by atoms with van der Waals surface area (Å²) >= 11 is 0. The maximum atomic E-state index is 11.0. The lowest BCUT2D eigenvalue weighted by Crippen LogP contribution is -2.07. The molecule has 0 amide bonds. The van der Waals surface area contributed by atoms with Gasteiger partial charge in [-0.15, -0.1) is 0 Å². The topological polar surface area (TPSA) is 183 Å². The van der Waals surface area contributed by atoms with Gasteiger partial charge in [-0.2, -0.15) is 20.1 Å². The Morgan fingerprint density at radius 2 is 1.35 bits per heavy atom. The van der Waals surface area contributed by atoms with Crippen LogP contribution in [-0.2, 0) is 0 Å². The standard InChI is InChI=1S/C23H19N9O5/c1-37-20-11-7-17(8-12-20)26-22-27-21(25-16-5-9-18(10-6-16)31(33)34)28-23(29-22)30-24-14-15-3-2-4-19(13-15)32(35)36/h2-14H,1H3,(H3,25,26,27,28,29,30)/b24-14-. The van der Waals surface area contributed by atoms with Crippen molar-refractivity contribution in [1.29, 1.82) is 0 Å². The van der Waals surface area contributed by atoms with Crippen molar-refractivity contribution in [2.45, 2.75) is 0 Å². The Hall–Kier alpha value is -5.66. The fourth-order valence-corrected chi connectivity index (χ4v) is 3.02. The van der Waals surface area contributed by atoms with E-state index in [1.807, 2.05) is 0 Å². The number of anilines is 5. The molecule has 0 aliphatic carbocycles. The van der Waals surface area contributed by atoms with Gasteiger partial charge in [0.2, 0.25) is 17.8 Å². The smallest absolute Gasteiger partial charge is 0.270 e. The van der Waals surface area contributed by atoms with Gasteiger partial charge < -0.3 is 15.4 Å². The molecule has 0 unspecified atom stereocenters. The van der Waals surface area contributed by atoms with E-state index >= 15 is 0 Å². The van der Waals surface area contributed by atoms with Gasteiger partial charge in [-0.25, -0.2) is 5.43 Å². The predicted octanol–water partition coefficient (Wildman–Crippen LogP) is 4.63. The summed E-state index contributed by atoms with van der Waals surface area (Å²) in [5.41, 5.74) is 4.25. The van der Waals surface area contributed by atoms with E-state index in [1.54, 1.807) is 43.5 Å². The average molecular weight is 501 g/mol. The summed E-state index contributed by atoms with van der Waals surface area (Å²) in [4.78, 5) is 33.8. The minimum atomic E-state index is -0.496. The molecule has 3 N–H and O–H groups in total. The summed E-state index contributed by atoms with van der Waals surface area (Å²) in [6, 6.07) is 18.8. The number of hydrazone groups is 1. The predicted molar refractivity (Wildman–Crippen MR) is 137 cm³/mol. The summed E-state index contributed by atoms with van der Waals surface area (Å²) in [5, 5.41) is 32.0. The number of nitro groups is 2. The molecule has 0 saturated heterocycles. The van der Waals surface area contributed by atoms with Crippen LogP contribution in [-0.4, -0.2) is 38.1 Å². The third-order valence-corrected chi connectivity index (χ3v) is 4.78. The van der Waals surface area contributed by atoms with E-state index in [2.05, 4.69) is 36.1 Å². The number of nitrogens with zero attached hydrogens (tertiary/aromatic N) is 6. The van der Waals surface area contributed by atoms with E-state index in [4.69, 9.17) is 4.74 Å². The van der Waals surface area contributed by atoms with Gasteiger partial charge in [-0.3, -0.25) is 20.2 Å². The number of nitro benzene ring substituents is 2. The van der Waals surface area contributed by atoms with Gasteiger partial charge in [0.15, 0.2) is 0 Å². The van der Waals surface area contributed by atoms with E-state index in [0.717, 1.165) is 0 Å². The number of benzene rings is 3. The van der Waals surface area contributed by atoms with E-state index in [9.17, 15) is 20.2 Å². The molecule has 0 aliphatic rings. The third-order valence-electron chi connectivity index (χ3n) is 4.78. The number of non-ortho nitro benzene ring substituents is 2. The number of rotatable bonds is 10. The highest BCUT2D eigenvalue weighted by atomic mass is 16.6. The molecule has 186 valence electrons. The Kier molecular flexibility index (Phi) is 7.39. The van der Waals surface area contributed by atoms with Crippen molar-refractivity contribution in [3.8, 4) is 5.75 Å². The number of methoxy groups -OCH3 is 1. The molecule has 14 nitrogen and oxygen atoms in total. The van der Waals surface area contributed by atoms with Crippen molar-refractivity contribution >= 4 is 46.8 Å².